The molecule has 9 aromatic carbocycles. The number of furan rings is 2. The summed E-state index contributed by atoms with van der Waals surface area (Å²) in [6.07, 6.45) is 0. The van der Waals surface area contributed by atoms with E-state index in [-0.39, 0.29) is 0 Å². The highest BCUT2D eigenvalue weighted by Gasteiger charge is 2.20. The molecule has 11 rings (SSSR count). The van der Waals surface area contributed by atoms with Crippen LogP contribution in [0.1, 0.15) is 33.4 Å². The fourth-order valence-corrected chi connectivity index (χ4v) is 8.88. The van der Waals surface area contributed by atoms with Gasteiger partial charge in [0.05, 0.1) is 0 Å². The number of hydrogen-bond donors (Lipinski definition) is 0. The van der Waals surface area contributed by atoms with Crippen LogP contribution in [0, 0.1) is 41.5 Å². The number of hydrogen-bond acceptors (Lipinski definition) is 4. The third-order valence-corrected chi connectivity index (χ3v) is 12.6. The molecular formula is C56H44N2O2. The Morgan fingerprint density at radius 2 is 0.650 bits per heavy atom. The summed E-state index contributed by atoms with van der Waals surface area (Å²) >= 11 is 0. The first-order chi connectivity index (χ1) is 29.2. The molecule has 0 aliphatic heterocycles. The SMILES string of the molecule is Cc1ccc(N(c2ccc(C)c(C)c2)c2ccc3c(ccc4c5cc6c(cc5oc34)oc3c4ccc(N(c5ccc(C)cc5)c5ccc(C)c(C)c5)cc4ccc63)c2)cc1. The van der Waals surface area contributed by atoms with Crippen LogP contribution >= 0.6 is 0 Å². The van der Waals surface area contributed by atoms with Gasteiger partial charge in [0.25, 0.3) is 0 Å². The van der Waals surface area contributed by atoms with Crippen LogP contribution in [0.25, 0.3) is 65.4 Å². The highest BCUT2D eigenvalue weighted by Crippen LogP contribution is 2.44. The molecule has 4 heteroatoms. The lowest BCUT2D eigenvalue weighted by atomic mass is 10.0. The second-order valence-corrected chi connectivity index (χ2v) is 16.6. The van der Waals surface area contributed by atoms with Crippen molar-refractivity contribution in [2.24, 2.45) is 0 Å². The van der Waals surface area contributed by atoms with E-state index in [4.69, 9.17) is 8.83 Å². The van der Waals surface area contributed by atoms with Crippen LogP contribution in [0.15, 0.2) is 167 Å². The van der Waals surface area contributed by atoms with Crippen LogP contribution in [-0.2, 0) is 0 Å². The molecule has 0 aliphatic rings. The van der Waals surface area contributed by atoms with Crippen LogP contribution in [0.3, 0.4) is 0 Å². The smallest absolute Gasteiger partial charge is 0.143 e. The van der Waals surface area contributed by atoms with Crippen LogP contribution in [0.4, 0.5) is 34.1 Å². The van der Waals surface area contributed by atoms with E-state index in [2.05, 4.69) is 209 Å². The Kier molecular flexibility index (Phi) is 8.15. The predicted molar refractivity (Wildman–Crippen MR) is 254 cm³/mol. The van der Waals surface area contributed by atoms with E-state index in [0.717, 1.165) is 99.5 Å². The second-order valence-electron chi connectivity index (χ2n) is 16.6. The summed E-state index contributed by atoms with van der Waals surface area (Å²) in [6.45, 7) is 12.9. The van der Waals surface area contributed by atoms with Gasteiger partial charge >= 0.3 is 0 Å². The molecule has 0 amide bonds. The van der Waals surface area contributed by atoms with Crippen molar-refractivity contribution in [3.8, 4) is 0 Å². The molecule has 0 spiro atoms. The summed E-state index contributed by atoms with van der Waals surface area (Å²) < 4.78 is 13.5. The monoisotopic (exact) mass is 776 g/mol. The molecule has 0 atom stereocenters. The Hall–Kier alpha value is -7.30. The molecule has 0 fully saturated rings. The fourth-order valence-electron chi connectivity index (χ4n) is 8.88. The third-order valence-electron chi connectivity index (χ3n) is 12.6. The molecular weight excluding hydrogens is 733 g/mol. The van der Waals surface area contributed by atoms with Crippen molar-refractivity contribution >= 4 is 99.5 Å². The van der Waals surface area contributed by atoms with Gasteiger partial charge in [-0.05, 0) is 178 Å². The Labute approximate surface area is 349 Å². The lowest BCUT2D eigenvalue weighted by molar-refractivity contribution is 0.660. The van der Waals surface area contributed by atoms with Gasteiger partial charge in [-0.2, -0.15) is 0 Å². The van der Waals surface area contributed by atoms with Crippen molar-refractivity contribution in [2.75, 3.05) is 9.80 Å². The average Bonchev–Trinajstić information content (AvgIpc) is 3.81. The lowest BCUT2D eigenvalue weighted by Gasteiger charge is -2.26. The number of aryl methyl sites for hydroxylation is 6. The van der Waals surface area contributed by atoms with Gasteiger partial charge in [0.2, 0.25) is 0 Å². The molecule has 0 saturated carbocycles. The Balaban J connectivity index is 1.00. The van der Waals surface area contributed by atoms with Crippen LogP contribution in [0.2, 0.25) is 0 Å². The van der Waals surface area contributed by atoms with Crippen molar-refractivity contribution < 1.29 is 8.83 Å². The topological polar surface area (TPSA) is 32.8 Å². The van der Waals surface area contributed by atoms with Crippen molar-refractivity contribution in [3.05, 3.63) is 191 Å². The largest absolute Gasteiger partial charge is 0.455 e. The van der Waals surface area contributed by atoms with E-state index in [1.54, 1.807) is 0 Å². The van der Waals surface area contributed by atoms with Crippen molar-refractivity contribution in [3.63, 3.8) is 0 Å². The molecule has 0 saturated heterocycles. The minimum Gasteiger partial charge on any atom is -0.455 e. The highest BCUT2D eigenvalue weighted by molar-refractivity contribution is 6.22. The zero-order valence-corrected chi connectivity index (χ0v) is 34.7. The van der Waals surface area contributed by atoms with E-state index in [9.17, 15) is 0 Å². The minimum absolute atomic E-state index is 0.818. The van der Waals surface area contributed by atoms with Gasteiger partial charge in [0.1, 0.15) is 22.3 Å². The van der Waals surface area contributed by atoms with E-state index < -0.39 is 0 Å². The van der Waals surface area contributed by atoms with Gasteiger partial charge in [-0.15, -0.1) is 0 Å². The lowest BCUT2D eigenvalue weighted by Crippen LogP contribution is -2.10. The first kappa shape index (κ1) is 35.8. The third kappa shape index (κ3) is 5.82. The molecule has 2 heterocycles. The summed E-state index contributed by atoms with van der Waals surface area (Å²) in [5, 5.41) is 8.77. The molecule has 0 unspecified atom stereocenters. The molecule has 60 heavy (non-hydrogen) atoms. The average molecular weight is 777 g/mol. The van der Waals surface area contributed by atoms with Gasteiger partial charge < -0.3 is 18.6 Å². The quantitative estimate of drug-likeness (QED) is 0.168. The van der Waals surface area contributed by atoms with E-state index in [1.807, 2.05) is 0 Å². The van der Waals surface area contributed by atoms with E-state index >= 15 is 0 Å². The molecule has 2 aromatic heterocycles. The molecule has 290 valence electrons. The summed E-state index contributed by atoms with van der Waals surface area (Å²) in [4.78, 5) is 4.67. The van der Waals surface area contributed by atoms with Crippen LogP contribution in [-0.4, -0.2) is 0 Å². The molecule has 0 aliphatic carbocycles. The van der Waals surface area contributed by atoms with Crippen LogP contribution < -0.4 is 9.80 Å². The van der Waals surface area contributed by atoms with E-state index in [0.29, 0.717) is 0 Å². The van der Waals surface area contributed by atoms with Crippen molar-refractivity contribution in [1.82, 2.24) is 0 Å². The maximum atomic E-state index is 6.74. The van der Waals surface area contributed by atoms with Gasteiger partial charge in [-0.25, -0.2) is 0 Å². The number of benzene rings is 9. The normalized spacial score (nSPS) is 11.8. The fraction of sp³-hybridized carbons (Fsp3) is 0.107. The van der Waals surface area contributed by atoms with Crippen molar-refractivity contribution in [2.45, 2.75) is 41.5 Å². The highest BCUT2D eigenvalue weighted by atomic mass is 16.3. The number of fused-ring (bicyclic) bond motifs is 10. The zero-order valence-electron chi connectivity index (χ0n) is 34.7. The minimum atomic E-state index is 0.818. The first-order valence-electron chi connectivity index (χ1n) is 20.7. The predicted octanol–water partition coefficient (Wildman–Crippen LogP) is 16.6. The van der Waals surface area contributed by atoms with E-state index in [1.165, 1.54) is 33.4 Å². The summed E-state index contributed by atoms with van der Waals surface area (Å²) in [7, 11) is 0. The molecule has 0 N–H and O–H groups in total. The Morgan fingerprint density at radius 3 is 1.07 bits per heavy atom. The maximum absolute atomic E-state index is 6.74. The second kappa shape index (κ2) is 13.6. The molecule has 0 radical (unpaired) electrons. The summed E-state index contributed by atoms with van der Waals surface area (Å²) in [5.74, 6) is 0. The summed E-state index contributed by atoms with van der Waals surface area (Å²) in [5.41, 5.74) is 17.7. The number of rotatable bonds is 6. The van der Waals surface area contributed by atoms with Crippen LogP contribution in [0.5, 0.6) is 0 Å². The van der Waals surface area contributed by atoms with Gasteiger partial charge in [-0.1, -0.05) is 59.7 Å². The zero-order chi connectivity index (χ0) is 40.8. The van der Waals surface area contributed by atoms with Gasteiger partial charge in [0, 0.05) is 72.5 Å². The van der Waals surface area contributed by atoms with Gasteiger partial charge in [-0.3, -0.25) is 0 Å². The Bertz CT molecular complexity index is 3270. The summed E-state index contributed by atoms with van der Waals surface area (Å²) in [6, 6.07) is 57.4. The molecule has 11 aromatic rings. The number of nitrogens with zero attached hydrogens (tertiary/aromatic N) is 2. The Morgan fingerprint density at radius 1 is 0.283 bits per heavy atom. The first-order valence-corrected chi connectivity index (χ1v) is 20.7. The van der Waals surface area contributed by atoms with Gasteiger partial charge in [0.15, 0.2) is 0 Å². The molecule has 4 nitrogen and oxygen atoms in total. The standard InChI is InChI=1S/C56H44N2O2/c1-33-7-15-41(16-8-33)57(43-19-11-35(3)37(5)27-43)45-21-25-47-39(29-45)13-23-49-51-31-52-50-24-14-40-30-46(22-26-48(40)56(50)60-54(52)32-53(51)59-55(47)49)58(42-17-9-34(2)10-18-42)44-20-12-36(4)38(6)28-44/h7-32H,1-6H3. The van der Waals surface area contributed by atoms with Crippen molar-refractivity contribution in [1.29, 1.82) is 0 Å². The molecule has 0 bridgehead atoms. The maximum Gasteiger partial charge on any atom is 0.143 e. The number of anilines is 6.